The summed E-state index contributed by atoms with van der Waals surface area (Å²) in [6.45, 7) is 0. The summed E-state index contributed by atoms with van der Waals surface area (Å²) in [6, 6.07) is 12.0. The second kappa shape index (κ2) is 7.93. The number of nitrogens with one attached hydrogen (secondary N) is 1. The maximum Gasteiger partial charge on any atom is 0.573 e. The highest BCUT2D eigenvalue weighted by molar-refractivity contribution is 5.89. The van der Waals surface area contributed by atoms with Gasteiger partial charge in [0.25, 0.3) is 5.89 Å². The molecular weight excluding hydrogens is 464 g/mol. The average molecular weight is 479 g/mol. The van der Waals surface area contributed by atoms with Crippen molar-refractivity contribution in [3.63, 3.8) is 0 Å². The molecule has 3 aromatic heterocycles. The molecule has 0 fully saturated rings. The van der Waals surface area contributed by atoms with Crippen LogP contribution >= 0.6 is 0 Å². The molecule has 1 aliphatic rings. The minimum absolute atomic E-state index is 0.0885. The Labute approximate surface area is 195 Å². The molecule has 0 saturated heterocycles. The predicted molar refractivity (Wildman–Crippen MR) is 119 cm³/mol. The molecule has 0 aliphatic heterocycles. The van der Waals surface area contributed by atoms with Gasteiger partial charge in [0.1, 0.15) is 5.75 Å². The smallest absolute Gasteiger partial charge is 0.406 e. The molecule has 0 amide bonds. The van der Waals surface area contributed by atoms with Gasteiger partial charge in [0.2, 0.25) is 11.8 Å². The van der Waals surface area contributed by atoms with Crippen molar-refractivity contribution in [1.29, 1.82) is 0 Å². The number of aryl methyl sites for hydroxylation is 1. The van der Waals surface area contributed by atoms with E-state index in [1.165, 1.54) is 30.0 Å². The van der Waals surface area contributed by atoms with E-state index in [-0.39, 0.29) is 11.5 Å². The quantitative estimate of drug-likeness (QED) is 0.236. The summed E-state index contributed by atoms with van der Waals surface area (Å²) >= 11 is 0. The number of hydrogen-bond acceptors (Lipinski definition) is 5. The van der Waals surface area contributed by atoms with E-state index in [2.05, 4.69) is 31.3 Å². The van der Waals surface area contributed by atoms with E-state index in [0.29, 0.717) is 17.0 Å². The molecule has 0 saturated carbocycles. The number of hydrogen-bond donors (Lipinski definition) is 1. The van der Waals surface area contributed by atoms with Crippen LogP contribution in [0.15, 0.2) is 59.3 Å². The lowest BCUT2D eigenvalue weighted by atomic mass is 10.0. The standard InChI is InChI=1S/C25H15F4N4O2/c26-22-9-5-14(12-30-22)18-11-15(34-25(27,28)29)6-7-17(18)24-32-23(33-35-24)13-4-8-21-19(10-13)16-2-1-3-20(16)31-21/h3-12,31H,1-2H2. The van der Waals surface area contributed by atoms with Gasteiger partial charge >= 0.3 is 6.36 Å². The minimum Gasteiger partial charge on any atom is -0.406 e. The first-order chi connectivity index (χ1) is 16.8. The Morgan fingerprint density at radius 2 is 1.83 bits per heavy atom. The highest BCUT2D eigenvalue weighted by Gasteiger charge is 2.31. The number of ether oxygens (including phenoxy) is 1. The van der Waals surface area contributed by atoms with Gasteiger partial charge in [0.15, 0.2) is 0 Å². The van der Waals surface area contributed by atoms with Crippen LogP contribution in [0.2, 0.25) is 0 Å². The number of aromatic amines is 1. The van der Waals surface area contributed by atoms with Crippen LogP contribution in [-0.2, 0) is 6.42 Å². The summed E-state index contributed by atoms with van der Waals surface area (Å²) in [7, 11) is 0. The van der Waals surface area contributed by atoms with Gasteiger partial charge in [-0.3, -0.25) is 0 Å². The van der Waals surface area contributed by atoms with Gasteiger partial charge in [0, 0.05) is 45.9 Å². The second-order valence-electron chi connectivity index (χ2n) is 8.07. The molecule has 1 aliphatic carbocycles. The highest BCUT2D eigenvalue weighted by Crippen LogP contribution is 2.37. The molecule has 6 rings (SSSR count). The molecule has 3 heterocycles. The van der Waals surface area contributed by atoms with Crippen molar-refractivity contribution >= 4 is 10.9 Å². The van der Waals surface area contributed by atoms with Crippen LogP contribution in [0.4, 0.5) is 17.6 Å². The van der Waals surface area contributed by atoms with Gasteiger partial charge < -0.3 is 14.2 Å². The monoisotopic (exact) mass is 479 g/mol. The summed E-state index contributed by atoms with van der Waals surface area (Å²) in [4.78, 5) is 11.5. The summed E-state index contributed by atoms with van der Waals surface area (Å²) < 4.78 is 61.3. The molecule has 1 N–H and O–H groups in total. The molecule has 175 valence electrons. The molecule has 1 radical (unpaired) electrons. The normalized spacial score (nSPS) is 13.4. The fourth-order valence-electron chi connectivity index (χ4n) is 4.34. The van der Waals surface area contributed by atoms with Crippen LogP contribution in [0.1, 0.15) is 17.7 Å². The fraction of sp³-hybridized carbons (Fsp3) is 0.120. The number of benzene rings is 2. The van der Waals surface area contributed by atoms with Crippen LogP contribution in [-0.4, -0.2) is 26.5 Å². The van der Waals surface area contributed by atoms with Crippen molar-refractivity contribution in [3.05, 3.63) is 78.4 Å². The number of rotatable bonds is 4. The maximum absolute atomic E-state index is 13.4. The average Bonchev–Trinajstić information content (AvgIpc) is 3.55. The zero-order valence-corrected chi connectivity index (χ0v) is 17.9. The number of H-pyrrole nitrogens is 1. The first-order valence-electron chi connectivity index (χ1n) is 10.7. The second-order valence-corrected chi connectivity index (χ2v) is 8.07. The number of fused-ring (bicyclic) bond motifs is 3. The largest absolute Gasteiger partial charge is 0.573 e. The molecule has 2 aromatic carbocycles. The third kappa shape index (κ3) is 4.01. The Balaban J connectivity index is 1.42. The van der Waals surface area contributed by atoms with Crippen molar-refractivity contribution in [1.82, 2.24) is 20.1 Å². The Kier molecular flexibility index (Phi) is 4.84. The van der Waals surface area contributed by atoms with Gasteiger partial charge in [0.05, 0.1) is 0 Å². The zero-order chi connectivity index (χ0) is 24.2. The van der Waals surface area contributed by atoms with Crippen molar-refractivity contribution < 1.29 is 26.8 Å². The van der Waals surface area contributed by atoms with Crippen molar-refractivity contribution in [2.24, 2.45) is 0 Å². The molecule has 35 heavy (non-hydrogen) atoms. The molecule has 10 heteroatoms. The fourth-order valence-corrected chi connectivity index (χ4v) is 4.34. The van der Waals surface area contributed by atoms with Crippen LogP contribution < -0.4 is 4.74 Å². The summed E-state index contributed by atoms with van der Waals surface area (Å²) in [5.41, 5.74) is 5.11. The van der Waals surface area contributed by atoms with E-state index in [1.54, 1.807) is 0 Å². The highest BCUT2D eigenvalue weighted by atomic mass is 19.4. The van der Waals surface area contributed by atoms with Gasteiger partial charge in [-0.25, -0.2) is 4.98 Å². The Morgan fingerprint density at radius 1 is 0.971 bits per heavy atom. The van der Waals surface area contributed by atoms with Crippen molar-refractivity contribution in [3.8, 4) is 39.7 Å². The Bertz CT molecular complexity index is 1550. The van der Waals surface area contributed by atoms with E-state index in [9.17, 15) is 17.6 Å². The number of pyridine rings is 1. The topological polar surface area (TPSA) is 76.8 Å². The third-order valence-corrected chi connectivity index (χ3v) is 5.86. The summed E-state index contributed by atoms with van der Waals surface area (Å²) in [5, 5.41) is 5.17. The van der Waals surface area contributed by atoms with Crippen LogP contribution in [0, 0.1) is 12.4 Å². The molecule has 5 aromatic rings. The Morgan fingerprint density at radius 3 is 2.63 bits per heavy atom. The van der Waals surface area contributed by atoms with Crippen LogP contribution in [0.5, 0.6) is 5.75 Å². The lowest BCUT2D eigenvalue weighted by molar-refractivity contribution is -0.274. The lowest BCUT2D eigenvalue weighted by Crippen LogP contribution is -2.17. The van der Waals surface area contributed by atoms with Gasteiger partial charge in [-0.15, -0.1) is 13.2 Å². The number of halogens is 4. The number of aromatic nitrogens is 4. The zero-order valence-electron chi connectivity index (χ0n) is 17.9. The van der Waals surface area contributed by atoms with E-state index < -0.39 is 18.1 Å². The third-order valence-electron chi connectivity index (χ3n) is 5.86. The molecule has 0 atom stereocenters. The molecule has 0 bridgehead atoms. The van der Waals surface area contributed by atoms with Crippen LogP contribution in [0.25, 0.3) is 44.9 Å². The van der Waals surface area contributed by atoms with Gasteiger partial charge in [-0.1, -0.05) is 5.16 Å². The molecular formula is C25H15F4N4O2. The lowest BCUT2D eigenvalue weighted by Gasteiger charge is -2.12. The first-order valence-corrected chi connectivity index (χ1v) is 10.7. The number of alkyl halides is 3. The van der Waals surface area contributed by atoms with Gasteiger partial charge in [-0.05, 0) is 72.5 Å². The van der Waals surface area contributed by atoms with E-state index in [4.69, 9.17) is 4.52 Å². The SMILES string of the molecule is Fc1ccc(-c2cc(OC(F)(F)F)ccc2-c2nc(-c3ccc4[nH]c5c(c4c3)CC[CH]5)no2)cn1. The number of nitrogens with zero attached hydrogens (tertiary/aromatic N) is 3. The van der Waals surface area contributed by atoms with E-state index >= 15 is 0 Å². The van der Waals surface area contributed by atoms with Crippen molar-refractivity contribution in [2.75, 3.05) is 0 Å². The molecule has 0 unspecified atom stereocenters. The van der Waals surface area contributed by atoms with Crippen molar-refractivity contribution in [2.45, 2.75) is 19.2 Å². The molecule has 0 spiro atoms. The van der Waals surface area contributed by atoms with E-state index in [1.807, 2.05) is 18.2 Å². The minimum atomic E-state index is -4.87. The summed E-state index contributed by atoms with van der Waals surface area (Å²) in [6.07, 6.45) is 0.451. The summed E-state index contributed by atoms with van der Waals surface area (Å²) in [5.74, 6) is -0.741. The predicted octanol–water partition coefficient (Wildman–Crippen LogP) is 6.48. The molecule has 6 nitrogen and oxygen atoms in total. The van der Waals surface area contributed by atoms with Crippen LogP contribution in [0.3, 0.4) is 0 Å². The van der Waals surface area contributed by atoms with Gasteiger partial charge in [-0.2, -0.15) is 9.37 Å². The maximum atomic E-state index is 13.4. The first kappa shape index (κ1) is 21.3. The Hall–Kier alpha value is -4.21. The van der Waals surface area contributed by atoms with E-state index in [0.717, 1.165) is 47.1 Å².